The summed E-state index contributed by atoms with van der Waals surface area (Å²) in [6, 6.07) is 1.66. The van der Waals surface area contributed by atoms with Gasteiger partial charge < -0.3 is 0 Å². The van der Waals surface area contributed by atoms with Crippen molar-refractivity contribution in [2.75, 3.05) is 13.6 Å². The average Bonchev–Trinajstić information content (AvgIpc) is 2.17. The van der Waals surface area contributed by atoms with Gasteiger partial charge in [-0.05, 0) is 31.6 Å². The van der Waals surface area contributed by atoms with Gasteiger partial charge in [-0.3, -0.25) is 14.7 Å². The van der Waals surface area contributed by atoms with Gasteiger partial charge in [-0.2, -0.15) is 0 Å². The van der Waals surface area contributed by atoms with Crippen LogP contribution < -0.4 is 0 Å². The van der Waals surface area contributed by atoms with Gasteiger partial charge in [0.15, 0.2) is 5.78 Å². The van der Waals surface area contributed by atoms with Gasteiger partial charge in [0.2, 0.25) is 0 Å². The van der Waals surface area contributed by atoms with E-state index in [-0.39, 0.29) is 11.8 Å². The predicted octanol–water partition coefficient (Wildman–Crippen LogP) is 2.07. The van der Waals surface area contributed by atoms with Crippen molar-refractivity contribution in [3.05, 3.63) is 29.0 Å². The fraction of sp³-hybridized carbons (Fsp3) is 0.455. The van der Waals surface area contributed by atoms with Crippen LogP contribution in [0.2, 0.25) is 5.02 Å². The predicted molar refractivity (Wildman–Crippen MR) is 58.9 cm³/mol. The van der Waals surface area contributed by atoms with E-state index in [1.165, 1.54) is 0 Å². The first kappa shape index (κ1) is 10.6. The third-order valence-corrected chi connectivity index (χ3v) is 2.93. The maximum atomic E-state index is 11.8. The molecular formula is C11H13ClN2O. The van der Waals surface area contributed by atoms with E-state index in [1.807, 2.05) is 13.1 Å². The Morgan fingerprint density at radius 3 is 3.00 bits per heavy atom. The normalized spacial score (nSPS) is 23.1. The molecule has 0 aromatic carbocycles. The van der Waals surface area contributed by atoms with E-state index in [0.29, 0.717) is 11.4 Å². The van der Waals surface area contributed by atoms with Crippen molar-refractivity contribution >= 4 is 17.4 Å². The van der Waals surface area contributed by atoms with Gasteiger partial charge in [0.25, 0.3) is 0 Å². The summed E-state index contributed by atoms with van der Waals surface area (Å²) in [5.74, 6) is 0.257. The van der Waals surface area contributed by atoms with Crippen molar-refractivity contribution in [1.29, 1.82) is 0 Å². The summed E-state index contributed by atoms with van der Waals surface area (Å²) < 4.78 is 0. The number of likely N-dealkylation sites (tertiary alicyclic amines) is 1. The molecule has 0 saturated carbocycles. The first-order chi connectivity index (χ1) is 7.18. The maximum absolute atomic E-state index is 11.8. The third-order valence-electron chi connectivity index (χ3n) is 2.72. The molecule has 15 heavy (non-hydrogen) atoms. The van der Waals surface area contributed by atoms with Gasteiger partial charge in [0.05, 0.1) is 11.1 Å². The summed E-state index contributed by atoms with van der Waals surface area (Å²) in [7, 11) is 1.96. The van der Waals surface area contributed by atoms with Crippen LogP contribution >= 0.6 is 11.6 Å². The Bertz CT molecular complexity index is 381. The summed E-state index contributed by atoms with van der Waals surface area (Å²) in [4.78, 5) is 17.9. The van der Waals surface area contributed by atoms with Crippen LogP contribution in [0, 0.1) is 0 Å². The van der Waals surface area contributed by atoms with E-state index in [9.17, 15) is 4.79 Å². The molecule has 1 aromatic heterocycles. The first-order valence-corrected chi connectivity index (χ1v) is 5.39. The molecule has 1 aliphatic rings. The number of pyridine rings is 1. The summed E-state index contributed by atoms with van der Waals surface area (Å²) in [6.45, 7) is 0.947. The molecule has 2 rings (SSSR count). The highest BCUT2D eigenvalue weighted by molar-refractivity contribution is 6.30. The topological polar surface area (TPSA) is 33.2 Å². The largest absolute Gasteiger partial charge is 0.298 e. The lowest BCUT2D eigenvalue weighted by Gasteiger charge is -2.31. The van der Waals surface area contributed by atoms with Crippen LogP contribution in [0.3, 0.4) is 0 Å². The Kier molecular flexibility index (Phi) is 3.03. The van der Waals surface area contributed by atoms with Crippen molar-refractivity contribution < 1.29 is 4.79 Å². The second-order valence-electron chi connectivity index (χ2n) is 3.89. The van der Waals surface area contributed by atoms with Crippen molar-refractivity contribution in [2.24, 2.45) is 0 Å². The van der Waals surface area contributed by atoms with Gasteiger partial charge in [0, 0.05) is 18.8 Å². The van der Waals surface area contributed by atoms with Crippen LogP contribution in [-0.2, 0) is 4.79 Å². The Morgan fingerprint density at radius 1 is 1.53 bits per heavy atom. The zero-order valence-electron chi connectivity index (χ0n) is 8.61. The maximum Gasteiger partial charge on any atom is 0.154 e. The second kappa shape index (κ2) is 4.29. The second-order valence-corrected chi connectivity index (χ2v) is 4.33. The van der Waals surface area contributed by atoms with Gasteiger partial charge in [-0.1, -0.05) is 11.6 Å². The number of hydrogen-bond donors (Lipinski definition) is 0. The number of halogens is 1. The molecule has 4 heteroatoms. The van der Waals surface area contributed by atoms with Gasteiger partial charge >= 0.3 is 0 Å². The van der Waals surface area contributed by atoms with Crippen molar-refractivity contribution in [3.63, 3.8) is 0 Å². The molecule has 0 spiro atoms. The lowest BCUT2D eigenvalue weighted by atomic mass is 9.96. The molecule has 0 bridgehead atoms. The minimum atomic E-state index is -0.162. The molecular weight excluding hydrogens is 212 g/mol. The van der Waals surface area contributed by atoms with E-state index in [2.05, 4.69) is 9.88 Å². The van der Waals surface area contributed by atoms with E-state index in [4.69, 9.17) is 11.6 Å². The molecule has 1 aliphatic heterocycles. The van der Waals surface area contributed by atoms with Gasteiger partial charge in [-0.25, -0.2) is 0 Å². The van der Waals surface area contributed by atoms with Crippen LogP contribution in [0.15, 0.2) is 18.5 Å². The number of likely N-dealkylation sites (N-methyl/N-ethyl adjacent to an activating group) is 1. The molecule has 0 amide bonds. The highest BCUT2D eigenvalue weighted by atomic mass is 35.5. The smallest absolute Gasteiger partial charge is 0.154 e. The van der Waals surface area contributed by atoms with Crippen LogP contribution in [0.4, 0.5) is 0 Å². The number of piperidine rings is 1. The molecule has 1 aromatic rings. The van der Waals surface area contributed by atoms with Crippen molar-refractivity contribution in [1.82, 2.24) is 9.88 Å². The van der Waals surface area contributed by atoms with E-state index < -0.39 is 0 Å². The number of carbonyl (C=O) groups excluding carboxylic acids is 1. The molecule has 0 N–H and O–H groups in total. The number of hydrogen-bond acceptors (Lipinski definition) is 3. The van der Waals surface area contributed by atoms with Crippen molar-refractivity contribution in [3.8, 4) is 0 Å². The van der Waals surface area contributed by atoms with Crippen molar-refractivity contribution in [2.45, 2.75) is 18.9 Å². The van der Waals surface area contributed by atoms with Crippen LogP contribution in [0.25, 0.3) is 0 Å². The molecule has 0 aliphatic carbocycles. The molecule has 0 radical (unpaired) electrons. The lowest BCUT2D eigenvalue weighted by molar-refractivity contribution is -0.126. The summed E-state index contributed by atoms with van der Waals surface area (Å²) >= 11 is 5.87. The molecule has 80 valence electrons. The Morgan fingerprint density at radius 2 is 2.33 bits per heavy atom. The summed E-state index contributed by atoms with van der Waals surface area (Å²) in [5, 5.41) is 0.583. The van der Waals surface area contributed by atoms with E-state index in [1.54, 1.807) is 12.4 Å². The zero-order chi connectivity index (χ0) is 10.8. The molecule has 1 unspecified atom stereocenters. The van der Waals surface area contributed by atoms with Crippen LogP contribution in [0.5, 0.6) is 0 Å². The minimum Gasteiger partial charge on any atom is -0.298 e. The number of aromatic nitrogens is 1. The quantitative estimate of drug-likeness (QED) is 0.732. The minimum absolute atomic E-state index is 0.162. The molecule has 3 nitrogen and oxygen atoms in total. The number of ketones is 1. The number of carbonyl (C=O) groups is 1. The Hall–Kier alpha value is -0.930. The van der Waals surface area contributed by atoms with E-state index in [0.717, 1.165) is 18.5 Å². The van der Waals surface area contributed by atoms with Crippen LogP contribution in [0.1, 0.15) is 24.4 Å². The number of Topliss-reactive ketones (excluding diaryl/α,β-unsaturated/α-hetero) is 1. The summed E-state index contributed by atoms with van der Waals surface area (Å²) in [6.07, 6.45) is 4.90. The number of rotatable bonds is 1. The van der Waals surface area contributed by atoms with Crippen LogP contribution in [-0.4, -0.2) is 29.3 Å². The number of nitrogens with zero attached hydrogens (tertiary/aromatic N) is 2. The standard InChI is InChI=1S/C11H13ClN2O/c1-14-4-2-3-10(15)11(14)8-5-9(12)7-13-6-8/h5-7,11H,2-4H2,1H3. The monoisotopic (exact) mass is 224 g/mol. The zero-order valence-corrected chi connectivity index (χ0v) is 9.37. The fourth-order valence-corrected chi connectivity index (χ4v) is 2.21. The third kappa shape index (κ3) is 2.19. The van der Waals surface area contributed by atoms with Gasteiger partial charge in [0.1, 0.15) is 0 Å². The highest BCUT2D eigenvalue weighted by Gasteiger charge is 2.28. The van der Waals surface area contributed by atoms with Gasteiger partial charge in [-0.15, -0.1) is 0 Å². The highest BCUT2D eigenvalue weighted by Crippen LogP contribution is 2.27. The molecule has 1 fully saturated rings. The first-order valence-electron chi connectivity index (χ1n) is 5.02. The Balaban J connectivity index is 2.31. The Labute approximate surface area is 94.1 Å². The molecule has 2 heterocycles. The lowest BCUT2D eigenvalue weighted by Crippen LogP contribution is -2.36. The summed E-state index contributed by atoms with van der Waals surface area (Å²) in [5.41, 5.74) is 0.898. The fourth-order valence-electron chi connectivity index (χ4n) is 2.03. The molecule has 1 atom stereocenters. The average molecular weight is 225 g/mol. The SMILES string of the molecule is CN1CCCC(=O)C1c1cncc(Cl)c1. The molecule has 1 saturated heterocycles. The van der Waals surface area contributed by atoms with E-state index >= 15 is 0 Å².